The Morgan fingerprint density at radius 1 is 0.906 bits per heavy atom. The molecule has 0 spiro atoms. The first-order valence-corrected chi connectivity index (χ1v) is 11.2. The fourth-order valence-corrected chi connectivity index (χ4v) is 4.54. The van der Waals surface area contributed by atoms with Crippen LogP contribution >= 0.6 is 0 Å². The van der Waals surface area contributed by atoms with E-state index >= 15 is 0 Å². The summed E-state index contributed by atoms with van der Waals surface area (Å²) in [7, 11) is 0. The van der Waals surface area contributed by atoms with Crippen LogP contribution in [0.3, 0.4) is 0 Å². The molecule has 0 radical (unpaired) electrons. The summed E-state index contributed by atoms with van der Waals surface area (Å²) in [5, 5.41) is 4.10. The number of likely N-dealkylation sites (tertiary alicyclic amines) is 1. The summed E-state index contributed by atoms with van der Waals surface area (Å²) in [6, 6.07) is 21.6. The van der Waals surface area contributed by atoms with E-state index in [1.54, 1.807) is 6.07 Å². The fourth-order valence-electron chi connectivity index (χ4n) is 4.54. The van der Waals surface area contributed by atoms with E-state index in [4.69, 9.17) is 0 Å². The van der Waals surface area contributed by atoms with Crippen LogP contribution in [-0.2, 0) is 4.79 Å². The van der Waals surface area contributed by atoms with Gasteiger partial charge in [-0.25, -0.2) is 15.8 Å². The predicted molar refractivity (Wildman–Crippen MR) is 123 cm³/mol. The quantitative estimate of drug-likeness (QED) is 0.594. The van der Waals surface area contributed by atoms with Crippen LogP contribution < -0.4 is 16.2 Å². The Kier molecular flexibility index (Phi) is 5.83. The van der Waals surface area contributed by atoms with Crippen molar-refractivity contribution in [1.29, 1.82) is 0 Å². The lowest BCUT2D eigenvalue weighted by Gasteiger charge is -2.33. The van der Waals surface area contributed by atoms with Crippen LogP contribution in [0.25, 0.3) is 10.9 Å². The lowest BCUT2D eigenvalue weighted by Crippen LogP contribution is -2.51. The van der Waals surface area contributed by atoms with E-state index in [1.165, 1.54) is 5.56 Å². The highest BCUT2D eigenvalue weighted by molar-refractivity contribution is 5.95. The van der Waals surface area contributed by atoms with Gasteiger partial charge in [0.2, 0.25) is 5.91 Å². The number of nitrogens with zero attached hydrogens (tertiary/aromatic N) is 2. The van der Waals surface area contributed by atoms with E-state index in [0.717, 1.165) is 30.2 Å². The third kappa shape index (κ3) is 4.35. The van der Waals surface area contributed by atoms with E-state index in [1.807, 2.05) is 53.4 Å². The van der Waals surface area contributed by atoms with E-state index < -0.39 is 0 Å². The number of hydrazine groups is 1. The Morgan fingerprint density at radius 3 is 2.47 bits per heavy atom. The minimum atomic E-state index is -0.229. The van der Waals surface area contributed by atoms with E-state index in [-0.39, 0.29) is 29.9 Å². The molecule has 2 unspecified atom stereocenters. The van der Waals surface area contributed by atoms with Gasteiger partial charge in [0.1, 0.15) is 11.7 Å². The summed E-state index contributed by atoms with van der Waals surface area (Å²) in [6.45, 7) is 1.28. The van der Waals surface area contributed by atoms with Crippen molar-refractivity contribution in [2.75, 3.05) is 13.1 Å². The fraction of sp³-hybridized carbons (Fsp3) is 0.320. The van der Waals surface area contributed by atoms with Crippen molar-refractivity contribution < 1.29 is 9.59 Å². The number of nitrogens with one attached hydrogen (secondary N) is 3. The maximum absolute atomic E-state index is 13.0. The average Bonchev–Trinajstić information content (AvgIpc) is 3.35. The number of carbonyl (C=O) groups is 2. The molecule has 0 bridgehead atoms. The van der Waals surface area contributed by atoms with Gasteiger partial charge in [-0.1, -0.05) is 54.6 Å². The van der Waals surface area contributed by atoms with E-state index in [0.29, 0.717) is 18.8 Å². The molecule has 164 valence electrons. The number of hydrogen-bond acceptors (Lipinski definition) is 5. The van der Waals surface area contributed by atoms with Gasteiger partial charge >= 0.3 is 0 Å². The third-order valence-corrected chi connectivity index (χ3v) is 6.38. The Balaban J connectivity index is 1.13. The molecule has 7 heteroatoms. The summed E-state index contributed by atoms with van der Waals surface area (Å²) in [5.74, 6) is -0.0372. The third-order valence-electron chi connectivity index (χ3n) is 6.38. The van der Waals surface area contributed by atoms with Crippen LogP contribution in [0.15, 0.2) is 66.7 Å². The van der Waals surface area contributed by atoms with Crippen molar-refractivity contribution in [3.63, 3.8) is 0 Å². The summed E-state index contributed by atoms with van der Waals surface area (Å²) < 4.78 is 0. The van der Waals surface area contributed by atoms with Crippen molar-refractivity contribution in [1.82, 2.24) is 26.1 Å². The average molecular weight is 430 g/mol. The minimum Gasteiger partial charge on any atom is -0.348 e. The molecule has 32 heavy (non-hydrogen) atoms. The second kappa shape index (κ2) is 9.06. The topological polar surface area (TPSA) is 86.4 Å². The first-order chi connectivity index (χ1) is 15.7. The minimum absolute atomic E-state index is 0.0477. The van der Waals surface area contributed by atoms with Crippen LogP contribution in [0.4, 0.5) is 0 Å². The van der Waals surface area contributed by atoms with Gasteiger partial charge in [-0.05, 0) is 37.0 Å². The van der Waals surface area contributed by atoms with Crippen molar-refractivity contribution >= 4 is 22.7 Å². The molecule has 2 amide bonds. The lowest BCUT2D eigenvalue weighted by molar-refractivity contribution is -0.134. The van der Waals surface area contributed by atoms with Crippen LogP contribution in [0.5, 0.6) is 0 Å². The standard InChI is InChI=1S/C25H27N5O2/c31-24(21-11-10-18-8-4-5-9-20(18)27-21)26-19-12-14-30(15-13-19)25(32)23-16-22(28-29-23)17-6-2-1-3-7-17/h1-11,19,22-23,28-29H,12-16H2,(H,26,31). The highest BCUT2D eigenvalue weighted by Gasteiger charge is 2.34. The number of fused-ring (bicyclic) bond motifs is 1. The maximum atomic E-state index is 13.0. The predicted octanol–water partition coefficient (Wildman–Crippen LogP) is 2.56. The molecule has 2 aliphatic rings. The Labute approximate surface area is 187 Å². The van der Waals surface area contributed by atoms with E-state index in [9.17, 15) is 9.59 Å². The molecule has 1 aromatic heterocycles. The number of hydrogen-bond donors (Lipinski definition) is 3. The van der Waals surface area contributed by atoms with Gasteiger partial charge < -0.3 is 10.2 Å². The number of aromatic nitrogens is 1. The number of carbonyl (C=O) groups excluding carboxylic acids is 2. The number of para-hydroxylation sites is 1. The smallest absolute Gasteiger partial charge is 0.270 e. The van der Waals surface area contributed by atoms with Crippen LogP contribution in [0.2, 0.25) is 0 Å². The van der Waals surface area contributed by atoms with Crippen molar-refractivity contribution in [3.8, 4) is 0 Å². The molecule has 3 aromatic rings. The number of amides is 2. The number of pyridine rings is 1. The first-order valence-electron chi connectivity index (χ1n) is 11.2. The molecule has 7 nitrogen and oxygen atoms in total. The maximum Gasteiger partial charge on any atom is 0.270 e. The number of benzene rings is 2. The zero-order valence-electron chi connectivity index (χ0n) is 17.8. The van der Waals surface area contributed by atoms with Gasteiger partial charge in [0.15, 0.2) is 0 Å². The zero-order chi connectivity index (χ0) is 21.9. The molecule has 2 saturated heterocycles. The van der Waals surface area contributed by atoms with Gasteiger partial charge in [0.25, 0.3) is 5.91 Å². The Hall–Kier alpha value is -3.29. The first kappa shape index (κ1) is 20.6. The summed E-state index contributed by atoms with van der Waals surface area (Å²) in [5.41, 5.74) is 8.83. The highest BCUT2D eigenvalue weighted by atomic mass is 16.2. The van der Waals surface area contributed by atoms with Gasteiger partial charge in [-0.15, -0.1) is 0 Å². The molecular formula is C25H27N5O2. The molecule has 2 aliphatic heterocycles. The number of rotatable bonds is 4. The highest BCUT2D eigenvalue weighted by Crippen LogP contribution is 2.24. The SMILES string of the molecule is O=C(NC1CCN(C(=O)C2CC(c3ccccc3)NN2)CC1)c1ccc2ccccc2n1. The molecule has 0 saturated carbocycles. The molecular weight excluding hydrogens is 402 g/mol. The Morgan fingerprint density at radius 2 is 1.66 bits per heavy atom. The molecule has 5 rings (SSSR count). The molecule has 0 aliphatic carbocycles. The monoisotopic (exact) mass is 429 g/mol. The molecule has 2 fully saturated rings. The zero-order valence-corrected chi connectivity index (χ0v) is 17.8. The molecule has 2 atom stereocenters. The molecule has 3 N–H and O–H groups in total. The van der Waals surface area contributed by atoms with Crippen LogP contribution in [0, 0.1) is 0 Å². The van der Waals surface area contributed by atoms with Crippen LogP contribution in [0.1, 0.15) is 41.4 Å². The van der Waals surface area contributed by atoms with Gasteiger partial charge in [-0.2, -0.15) is 0 Å². The largest absolute Gasteiger partial charge is 0.348 e. The van der Waals surface area contributed by atoms with Crippen LogP contribution in [-0.4, -0.2) is 46.9 Å². The van der Waals surface area contributed by atoms with E-state index in [2.05, 4.69) is 33.3 Å². The van der Waals surface area contributed by atoms with Gasteiger partial charge in [-0.3, -0.25) is 9.59 Å². The second-order valence-electron chi connectivity index (χ2n) is 8.50. The Bertz CT molecular complexity index is 1110. The summed E-state index contributed by atoms with van der Waals surface area (Å²) in [4.78, 5) is 32.0. The van der Waals surface area contributed by atoms with Crippen molar-refractivity contribution in [2.24, 2.45) is 0 Å². The number of piperidine rings is 1. The van der Waals surface area contributed by atoms with Crippen molar-refractivity contribution in [3.05, 3.63) is 78.0 Å². The normalized spacial score (nSPS) is 21.6. The second-order valence-corrected chi connectivity index (χ2v) is 8.50. The summed E-state index contributed by atoms with van der Waals surface area (Å²) >= 11 is 0. The molecule has 3 heterocycles. The summed E-state index contributed by atoms with van der Waals surface area (Å²) in [6.07, 6.45) is 2.22. The lowest BCUT2D eigenvalue weighted by atomic mass is 10.00. The van der Waals surface area contributed by atoms with Gasteiger partial charge in [0.05, 0.1) is 5.52 Å². The van der Waals surface area contributed by atoms with Gasteiger partial charge in [0, 0.05) is 30.6 Å². The van der Waals surface area contributed by atoms with Crippen molar-refractivity contribution in [2.45, 2.75) is 37.4 Å². The molecule has 2 aromatic carbocycles.